The number of aromatic nitrogens is 2. The average Bonchev–Trinajstić information content (AvgIpc) is 3.17. The molecule has 1 N–H and O–H groups in total. The van der Waals surface area contributed by atoms with Crippen molar-refractivity contribution in [2.24, 2.45) is 0 Å². The number of carbonyl (C=O) groups excluding carboxylic acids is 1. The molecule has 0 aliphatic carbocycles. The molecule has 0 fully saturated rings. The van der Waals surface area contributed by atoms with Crippen LogP contribution in [0.5, 0.6) is 5.75 Å². The second-order valence-electron chi connectivity index (χ2n) is 7.13. The Hall–Kier alpha value is -4.09. The summed E-state index contributed by atoms with van der Waals surface area (Å²) in [6.07, 6.45) is -6.16. The third-order valence-corrected chi connectivity index (χ3v) is 4.54. The third kappa shape index (κ3) is 7.19. The number of pyridine rings is 1. The van der Waals surface area contributed by atoms with Crippen molar-refractivity contribution in [3.63, 3.8) is 0 Å². The molecule has 0 amide bonds. The molecule has 0 spiro atoms. The molecule has 12 heteroatoms. The standard InChI is InChI=1S/C21H14F4N2O.C2HF3O2/c22-18-4-2-1-3-17(18)19-11-15-9-10-27(13-20(15)26-19)12-14-5-7-16(8-6-14)28-21(23,24)25;3-2(4,5)1(6)7/h1-11,13H,12H2;(H,6,7). The number of rotatable bonds is 4. The molecule has 4 rings (SSSR count). The van der Waals surface area contributed by atoms with E-state index in [9.17, 15) is 30.7 Å². The van der Waals surface area contributed by atoms with Gasteiger partial charge in [0, 0.05) is 28.3 Å². The van der Waals surface area contributed by atoms with Crippen LogP contribution < -0.4 is 14.4 Å². The molecule has 2 heterocycles. The van der Waals surface area contributed by atoms with E-state index in [1.54, 1.807) is 30.3 Å². The number of hydrogen-bond donors (Lipinski definition) is 1. The van der Waals surface area contributed by atoms with Crippen molar-refractivity contribution in [2.45, 2.75) is 19.1 Å². The molecule has 0 bridgehead atoms. The Kier molecular flexibility index (Phi) is 7.32. The Bertz CT molecular complexity index is 1310. The lowest BCUT2D eigenvalue weighted by atomic mass is 10.1. The van der Waals surface area contributed by atoms with E-state index in [1.807, 2.05) is 29.1 Å². The first-order valence-corrected chi connectivity index (χ1v) is 9.71. The zero-order chi connectivity index (χ0) is 25.8. The van der Waals surface area contributed by atoms with Crippen molar-refractivity contribution in [3.05, 3.63) is 84.4 Å². The maximum absolute atomic E-state index is 14.0. The number of ether oxygens (including phenoxy) is 1. The number of aromatic amines is 1. The van der Waals surface area contributed by atoms with Crippen molar-refractivity contribution in [1.29, 1.82) is 0 Å². The molecule has 0 aliphatic heterocycles. The molecule has 0 radical (unpaired) electrons. The second-order valence-corrected chi connectivity index (χ2v) is 7.13. The van der Waals surface area contributed by atoms with Gasteiger partial charge in [0.25, 0.3) is 0 Å². The molecule has 2 aromatic heterocycles. The number of H-pyrrole nitrogens is 1. The van der Waals surface area contributed by atoms with Gasteiger partial charge in [-0.2, -0.15) is 17.7 Å². The van der Waals surface area contributed by atoms with Gasteiger partial charge in [-0.3, -0.25) is 0 Å². The number of hydrogen-bond acceptors (Lipinski definition) is 3. The van der Waals surface area contributed by atoms with Crippen LogP contribution in [0.4, 0.5) is 30.7 Å². The average molecular weight is 500 g/mol. The Morgan fingerprint density at radius 2 is 1.60 bits per heavy atom. The van der Waals surface area contributed by atoms with Crippen molar-refractivity contribution in [3.8, 4) is 17.0 Å². The van der Waals surface area contributed by atoms with E-state index in [0.717, 1.165) is 16.5 Å². The van der Waals surface area contributed by atoms with Crippen molar-refractivity contribution < 1.29 is 49.9 Å². The molecule has 4 aromatic rings. The maximum Gasteiger partial charge on any atom is 0.573 e. The van der Waals surface area contributed by atoms with Crippen LogP contribution in [0, 0.1) is 5.82 Å². The Labute approximate surface area is 193 Å². The van der Waals surface area contributed by atoms with E-state index < -0.39 is 18.5 Å². The Morgan fingerprint density at radius 3 is 2.17 bits per heavy atom. The number of aliphatic carboxylic acids is 1. The summed E-state index contributed by atoms with van der Waals surface area (Å²) in [5.41, 5.74) is 2.82. The topological polar surface area (TPSA) is 69.0 Å². The zero-order valence-electron chi connectivity index (χ0n) is 17.5. The highest BCUT2D eigenvalue weighted by Gasteiger charge is 2.31. The second kappa shape index (κ2) is 10.0. The van der Waals surface area contributed by atoms with E-state index in [0.29, 0.717) is 17.8 Å². The fourth-order valence-electron chi connectivity index (χ4n) is 3.05. The number of halogens is 7. The first-order valence-electron chi connectivity index (χ1n) is 9.71. The number of fused-ring (bicyclic) bond motifs is 1. The van der Waals surface area contributed by atoms with Gasteiger partial charge in [-0.15, -0.1) is 13.2 Å². The van der Waals surface area contributed by atoms with Crippen LogP contribution in [0.15, 0.2) is 73.1 Å². The third-order valence-electron chi connectivity index (χ3n) is 4.54. The van der Waals surface area contributed by atoms with Crippen molar-refractivity contribution in [1.82, 2.24) is 4.98 Å². The summed E-state index contributed by atoms with van der Waals surface area (Å²) in [5, 5.41) is 9.72. The van der Waals surface area contributed by atoms with E-state index >= 15 is 0 Å². The predicted molar refractivity (Wildman–Crippen MR) is 107 cm³/mol. The molecular weight excluding hydrogens is 485 g/mol. The van der Waals surface area contributed by atoms with Gasteiger partial charge in [-0.25, -0.2) is 4.39 Å². The van der Waals surface area contributed by atoms with Gasteiger partial charge in [0.1, 0.15) is 23.1 Å². The summed E-state index contributed by atoms with van der Waals surface area (Å²) < 4.78 is 88.0. The highest BCUT2D eigenvalue weighted by Crippen LogP contribution is 2.26. The van der Waals surface area contributed by atoms with Crippen LogP contribution in [-0.2, 0) is 11.3 Å². The summed E-state index contributed by atoms with van der Waals surface area (Å²) in [6, 6.07) is 16.0. The highest BCUT2D eigenvalue weighted by atomic mass is 19.4. The number of benzene rings is 2. The number of nitrogens with one attached hydrogen (secondary N) is 1. The molecule has 0 saturated heterocycles. The number of carboxylic acids is 1. The minimum Gasteiger partial charge on any atom is -0.542 e. The monoisotopic (exact) mass is 500 g/mol. The number of nitrogens with zero attached hydrogens (tertiary/aromatic N) is 1. The first kappa shape index (κ1) is 25.5. The minimum absolute atomic E-state index is 0.254. The van der Waals surface area contributed by atoms with Crippen LogP contribution in [0.1, 0.15) is 5.56 Å². The Balaban J connectivity index is 0.000000429. The lowest BCUT2D eigenvalue weighted by Gasteiger charge is -2.08. The normalized spacial score (nSPS) is 11.6. The van der Waals surface area contributed by atoms with Crippen LogP contribution in [0.2, 0.25) is 0 Å². The summed E-state index contributed by atoms with van der Waals surface area (Å²) in [5.74, 6) is -3.56. The zero-order valence-corrected chi connectivity index (χ0v) is 17.5. The van der Waals surface area contributed by atoms with Gasteiger partial charge < -0.3 is 19.6 Å². The lowest BCUT2D eigenvalue weighted by Crippen LogP contribution is -2.37. The summed E-state index contributed by atoms with van der Waals surface area (Å²) >= 11 is 0. The first-order chi connectivity index (χ1) is 16.3. The maximum atomic E-state index is 14.0. The summed E-state index contributed by atoms with van der Waals surface area (Å²) in [6.45, 7) is 0.469. The van der Waals surface area contributed by atoms with E-state index in [-0.39, 0.29) is 11.6 Å². The lowest BCUT2D eigenvalue weighted by molar-refractivity contribution is -0.687. The van der Waals surface area contributed by atoms with Gasteiger partial charge in [0.05, 0.1) is 0 Å². The smallest absolute Gasteiger partial charge is 0.542 e. The fourth-order valence-corrected chi connectivity index (χ4v) is 3.05. The molecule has 0 saturated carbocycles. The van der Waals surface area contributed by atoms with E-state index in [2.05, 4.69) is 9.72 Å². The van der Waals surface area contributed by atoms with Gasteiger partial charge in [0.2, 0.25) is 0 Å². The molecular formula is C23H15F7N2O3. The van der Waals surface area contributed by atoms with Crippen molar-refractivity contribution in [2.75, 3.05) is 0 Å². The number of carboxylic acid groups (broad SMARTS) is 1. The molecule has 5 nitrogen and oxygen atoms in total. The minimum atomic E-state index is -5.19. The molecule has 0 unspecified atom stereocenters. The molecule has 2 aromatic carbocycles. The van der Waals surface area contributed by atoms with Crippen LogP contribution >= 0.6 is 0 Å². The molecule has 184 valence electrons. The quantitative estimate of drug-likeness (QED) is 0.331. The van der Waals surface area contributed by atoms with Crippen LogP contribution in [0.3, 0.4) is 0 Å². The largest absolute Gasteiger partial charge is 0.573 e. The van der Waals surface area contributed by atoms with Gasteiger partial charge in [-0.05, 0) is 42.5 Å². The Morgan fingerprint density at radius 1 is 0.971 bits per heavy atom. The summed E-state index contributed by atoms with van der Waals surface area (Å²) in [4.78, 5) is 12.0. The number of carbonyl (C=O) groups is 1. The molecule has 0 atom stereocenters. The van der Waals surface area contributed by atoms with Crippen LogP contribution in [0.25, 0.3) is 22.2 Å². The summed E-state index contributed by atoms with van der Waals surface area (Å²) in [7, 11) is 0. The number of alkyl halides is 6. The highest BCUT2D eigenvalue weighted by molar-refractivity contribution is 5.84. The molecule has 0 aliphatic rings. The molecule has 35 heavy (non-hydrogen) atoms. The van der Waals surface area contributed by atoms with Crippen molar-refractivity contribution >= 4 is 16.9 Å². The predicted octanol–water partition coefficient (Wildman–Crippen LogP) is 4.51. The van der Waals surface area contributed by atoms with E-state index in [4.69, 9.17) is 9.90 Å². The van der Waals surface area contributed by atoms with Gasteiger partial charge in [-0.1, -0.05) is 12.1 Å². The SMILES string of the molecule is Fc1ccccc1-c1cc2cc[n+](Cc3ccc(OC(F)(F)F)cc3)cc2[nH]1.O=C([O-])C(F)(F)F. The van der Waals surface area contributed by atoms with Gasteiger partial charge >= 0.3 is 12.5 Å². The van der Waals surface area contributed by atoms with Crippen LogP contribution in [-0.4, -0.2) is 23.5 Å². The fraction of sp³-hybridized carbons (Fsp3) is 0.130. The van der Waals surface area contributed by atoms with E-state index in [1.165, 1.54) is 18.2 Å². The van der Waals surface area contributed by atoms with Gasteiger partial charge in [0.15, 0.2) is 18.9 Å².